The Kier molecular flexibility index (Phi) is 7.70. The predicted molar refractivity (Wildman–Crippen MR) is 136 cm³/mol. The van der Waals surface area contributed by atoms with Gasteiger partial charge in [-0.3, -0.25) is 14.4 Å². The number of hydrogen-bond donors (Lipinski definition) is 2. The summed E-state index contributed by atoms with van der Waals surface area (Å²) in [5.41, 5.74) is 1.59. The Morgan fingerprint density at radius 3 is 2.54 bits per heavy atom. The van der Waals surface area contributed by atoms with Gasteiger partial charge >= 0.3 is 6.18 Å². The van der Waals surface area contributed by atoms with Gasteiger partial charge in [0.15, 0.2) is 0 Å². The van der Waals surface area contributed by atoms with Crippen molar-refractivity contribution in [3.63, 3.8) is 0 Å². The van der Waals surface area contributed by atoms with E-state index in [-0.39, 0.29) is 18.7 Å². The van der Waals surface area contributed by atoms with E-state index in [2.05, 4.69) is 10.3 Å². The number of alkyl halides is 3. The Hall–Kier alpha value is -3.24. The number of nitrogens with zero attached hydrogens (tertiary/aromatic N) is 2. The van der Waals surface area contributed by atoms with Crippen LogP contribution in [0, 0.1) is 6.92 Å². The Labute approximate surface area is 220 Å². The van der Waals surface area contributed by atoms with Crippen LogP contribution in [0.3, 0.4) is 0 Å². The highest BCUT2D eigenvalue weighted by Crippen LogP contribution is 2.29. The summed E-state index contributed by atoms with van der Waals surface area (Å²) in [4.78, 5) is 44.9. The first kappa shape index (κ1) is 26.8. The molecule has 2 heterocycles. The molecule has 196 valence electrons. The normalized spacial score (nSPS) is 16.2. The van der Waals surface area contributed by atoms with Crippen LogP contribution >= 0.6 is 23.2 Å². The van der Waals surface area contributed by atoms with Gasteiger partial charge in [-0.1, -0.05) is 34.8 Å². The average Bonchev–Trinajstić information content (AvgIpc) is 2.84. The third-order valence-corrected chi connectivity index (χ3v) is 6.89. The third kappa shape index (κ3) is 6.19. The Morgan fingerprint density at radius 2 is 1.84 bits per heavy atom. The van der Waals surface area contributed by atoms with E-state index in [0.717, 1.165) is 5.56 Å². The van der Waals surface area contributed by atoms with E-state index in [0.29, 0.717) is 33.2 Å². The zero-order chi connectivity index (χ0) is 26.9. The second kappa shape index (κ2) is 10.6. The third-order valence-electron chi connectivity index (χ3n) is 6.15. The number of hydrogen-bond acceptors (Lipinski definition) is 4. The molecule has 2 amide bonds. The molecule has 4 rings (SSSR count). The topological polar surface area (TPSA) is 85.5 Å². The fraction of sp³-hybridized carbons (Fsp3) is 0.320. The van der Waals surface area contributed by atoms with Crippen molar-refractivity contribution >= 4 is 51.6 Å². The van der Waals surface area contributed by atoms with Gasteiger partial charge in [-0.2, -0.15) is 13.2 Å². The minimum absolute atomic E-state index is 0.00169. The molecule has 1 unspecified atom stereocenters. The number of amides is 2. The summed E-state index contributed by atoms with van der Waals surface area (Å²) < 4.78 is 38.0. The van der Waals surface area contributed by atoms with Crippen LogP contribution in [0.15, 0.2) is 47.3 Å². The second-order valence-electron chi connectivity index (χ2n) is 8.81. The van der Waals surface area contributed by atoms with Crippen LogP contribution in [0.5, 0.6) is 0 Å². The molecular formula is C25H23Cl2F3N4O3. The first-order chi connectivity index (χ1) is 17.4. The number of nitrogens with one attached hydrogen (secondary N) is 2. The molecule has 2 aromatic carbocycles. The molecule has 0 bridgehead atoms. The molecule has 0 aliphatic carbocycles. The van der Waals surface area contributed by atoms with Gasteiger partial charge in [0.1, 0.15) is 6.04 Å². The SMILES string of the molecule is Cc1ccc2[nH]c(=O)cc(C(=O)N3CCN(c4ccc(Cl)c(Cl)c4)CC3C(=O)NCCC(F)(F)F)c2c1. The molecule has 7 nitrogen and oxygen atoms in total. The molecule has 0 spiro atoms. The largest absolute Gasteiger partial charge is 0.390 e. The van der Waals surface area contributed by atoms with Crippen LogP contribution < -0.4 is 15.8 Å². The van der Waals surface area contributed by atoms with Crippen LogP contribution in [0.25, 0.3) is 10.9 Å². The van der Waals surface area contributed by atoms with Crippen LogP contribution in [0.1, 0.15) is 22.3 Å². The fourth-order valence-corrected chi connectivity index (χ4v) is 4.60. The number of fused-ring (bicyclic) bond motifs is 1. The average molecular weight is 555 g/mol. The number of anilines is 1. The monoisotopic (exact) mass is 554 g/mol. The Morgan fingerprint density at radius 1 is 1.08 bits per heavy atom. The number of H-pyrrole nitrogens is 1. The number of rotatable bonds is 5. The molecule has 3 aromatic rings. The summed E-state index contributed by atoms with van der Waals surface area (Å²) in [5.74, 6) is -1.29. The van der Waals surface area contributed by atoms with Gasteiger partial charge in [0.2, 0.25) is 11.5 Å². The zero-order valence-corrected chi connectivity index (χ0v) is 21.2. The molecule has 0 radical (unpaired) electrons. The smallest absolute Gasteiger partial charge is 0.367 e. The standard InChI is InChI=1S/C25H23Cl2F3N4O3/c1-14-2-5-20-16(10-14)17(12-22(35)32-20)24(37)34-9-8-33(15-3-4-18(26)19(27)11-15)13-21(34)23(36)31-7-6-25(28,29)30/h2-5,10-12,21H,6-9,13H2,1H3,(H,31,36)(H,32,35). The quantitative estimate of drug-likeness (QED) is 0.484. The molecule has 37 heavy (non-hydrogen) atoms. The van der Waals surface area contributed by atoms with E-state index in [1.807, 2.05) is 6.92 Å². The highest BCUT2D eigenvalue weighted by atomic mass is 35.5. The van der Waals surface area contributed by atoms with E-state index in [1.54, 1.807) is 41.3 Å². The highest BCUT2D eigenvalue weighted by Gasteiger charge is 2.37. The van der Waals surface area contributed by atoms with Crippen molar-refractivity contribution in [1.29, 1.82) is 0 Å². The summed E-state index contributed by atoms with van der Waals surface area (Å²) in [6, 6.07) is 10.2. The lowest BCUT2D eigenvalue weighted by atomic mass is 10.0. The summed E-state index contributed by atoms with van der Waals surface area (Å²) in [6.45, 7) is 1.61. The van der Waals surface area contributed by atoms with Crippen molar-refractivity contribution < 1.29 is 22.8 Å². The van der Waals surface area contributed by atoms with Crippen molar-refractivity contribution in [2.24, 2.45) is 0 Å². The summed E-state index contributed by atoms with van der Waals surface area (Å²) in [5, 5.41) is 3.45. The number of halogens is 5. The number of aryl methyl sites for hydroxylation is 1. The van der Waals surface area contributed by atoms with E-state index < -0.39 is 42.6 Å². The number of pyridine rings is 1. The molecular weight excluding hydrogens is 532 g/mol. The van der Waals surface area contributed by atoms with E-state index in [4.69, 9.17) is 23.2 Å². The molecule has 2 N–H and O–H groups in total. The van der Waals surface area contributed by atoms with E-state index in [9.17, 15) is 27.6 Å². The van der Waals surface area contributed by atoms with Crippen LogP contribution in [-0.2, 0) is 4.79 Å². The highest BCUT2D eigenvalue weighted by molar-refractivity contribution is 6.42. The van der Waals surface area contributed by atoms with Crippen LogP contribution in [0.4, 0.5) is 18.9 Å². The lowest BCUT2D eigenvalue weighted by molar-refractivity contribution is -0.136. The predicted octanol–water partition coefficient (Wildman–Crippen LogP) is 4.54. The lowest BCUT2D eigenvalue weighted by Gasteiger charge is -2.41. The summed E-state index contributed by atoms with van der Waals surface area (Å²) in [6.07, 6.45) is -5.64. The van der Waals surface area contributed by atoms with Crippen molar-refractivity contribution in [3.05, 3.63) is 74.0 Å². The minimum Gasteiger partial charge on any atom is -0.367 e. The number of aromatic nitrogens is 1. The summed E-state index contributed by atoms with van der Waals surface area (Å²) in [7, 11) is 0. The van der Waals surface area contributed by atoms with Gasteiger partial charge in [0.25, 0.3) is 5.91 Å². The molecule has 0 saturated carbocycles. The van der Waals surface area contributed by atoms with Gasteiger partial charge < -0.3 is 20.1 Å². The van der Waals surface area contributed by atoms with Gasteiger partial charge in [-0.25, -0.2) is 0 Å². The molecule has 1 fully saturated rings. The molecule has 1 atom stereocenters. The number of benzene rings is 2. The van der Waals surface area contributed by atoms with Crippen molar-refractivity contribution in [1.82, 2.24) is 15.2 Å². The van der Waals surface area contributed by atoms with Crippen molar-refractivity contribution in [2.75, 3.05) is 31.1 Å². The number of carbonyl (C=O) groups excluding carboxylic acids is 2. The van der Waals surface area contributed by atoms with Crippen LogP contribution in [0.2, 0.25) is 10.0 Å². The maximum absolute atomic E-state index is 13.7. The number of aromatic amines is 1. The molecule has 1 aromatic heterocycles. The summed E-state index contributed by atoms with van der Waals surface area (Å²) >= 11 is 12.2. The second-order valence-corrected chi connectivity index (χ2v) is 9.63. The van der Waals surface area contributed by atoms with Gasteiger partial charge in [-0.05, 0) is 37.3 Å². The van der Waals surface area contributed by atoms with Gasteiger partial charge in [0, 0.05) is 48.8 Å². The van der Waals surface area contributed by atoms with Crippen molar-refractivity contribution in [2.45, 2.75) is 25.6 Å². The number of carbonyl (C=O) groups is 2. The Bertz CT molecular complexity index is 1410. The minimum atomic E-state index is -4.44. The maximum atomic E-state index is 13.7. The zero-order valence-electron chi connectivity index (χ0n) is 19.7. The van der Waals surface area contributed by atoms with E-state index in [1.165, 1.54) is 11.0 Å². The lowest BCUT2D eigenvalue weighted by Crippen LogP contribution is -2.61. The first-order valence-electron chi connectivity index (χ1n) is 11.4. The van der Waals surface area contributed by atoms with Gasteiger partial charge in [-0.15, -0.1) is 0 Å². The van der Waals surface area contributed by atoms with Gasteiger partial charge in [0.05, 0.1) is 22.0 Å². The first-order valence-corrected chi connectivity index (χ1v) is 12.2. The number of piperazine rings is 1. The van der Waals surface area contributed by atoms with Crippen molar-refractivity contribution in [3.8, 4) is 0 Å². The van der Waals surface area contributed by atoms with E-state index >= 15 is 0 Å². The molecule has 1 saturated heterocycles. The Balaban J connectivity index is 1.67. The maximum Gasteiger partial charge on any atom is 0.390 e. The molecule has 12 heteroatoms. The molecule has 1 aliphatic rings. The molecule has 1 aliphatic heterocycles. The fourth-order valence-electron chi connectivity index (χ4n) is 4.31. The van der Waals surface area contributed by atoms with Crippen LogP contribution in [-0.4, -0.2) is 60.1 Å².